The van der Waals surface area contributed by atoms with Gasteiger partial charge in [-0.25, -0.2) is 0 Å². The molecule has 0 fully saturated rings. The number of rotatable bonds is 3. The van der Waals surface area contributed by atoms with Crippen molar-refractivity contribution in [1.29, 1.82) is 0 Å². The van der Waals surface area contributed by atoms with Gasteiger partial charge in [0.25, 0.3) is 0 Å². The Hall–Kier alpha value is -1.50. The van der Waals surface area contributed by atoms with E-state index in [1.54, 1.807) is 4.68 Å². The molecular weight excluding hydrogens is 212 g/mol. The van der Waals surface area contributed by atoms with Gasteiger partial charge < -0.3 is 5.73 Å². The van der Waals surface area contributed by atoms with Crippen molar-refractivity contribution < 1.29 is 0 Å². The Bertz CT molecular complexity index is 459. The molecule has 0 bridgehead atoms. The Morgan fingerprint density at radius 2 is 2.27 bits per heavy atom. The van der Waals surface area contributed by atoms with Crippen LogP contribution in [0, 0.1) is 0 Å². The van der Waals surface area contributed by atoms with Crippen molar-refractivity contribution in [3.8, 4) is 0 Å². The van der Waals surface area contributed by atoms with Crippen LogP contribution < -0.4 is 5.73 Å². The minimum atomic E-state index is 0.434. The topological polar surface area (TPSA) is 74.6 Å². The van der Waals surface area contributed by atoms with Crippen LogP contribution in [-0.4, -0.2) is 30.8 Å². The van der Waals surface area contributed by atoms with E-state index in [4.69, 9.17) is 5.73 Å². The summed E-state index contributed by atoms with van der Waals surface area (Å²) < 4.78 is 3.62. The van der Waals surface area contributed by atoms with Gasteiger partial charge in [0.15, 0.2) is 5.16 Å². The summed E-state index contributed by atoms with van der Waals surface area (Å²) in [6, 6.07) is 0. The van der Waals surface area contributed by atoms with E-state index in [-0.39, 0.29) is 0 Å². The Labute approximate surface area is 91.5 Å². The highest BCUT2D eigenvalue weighted by atomic mass is 32.2. The molecule has 0 aromatic carbocycles. The van der Waals surface area contributed by atoms with Gasteiger partial charge in [0.2, 0.25) is 5.95 Å². The summed E-state index contributed by atoms with van der Waals surface area (Å²) in [6.07, 6.45) is 5.70. The molecule has 0 aliphatic rings. The molecule has 0 saturated heterocycles. The predicted octanol–water partition coefficient (Wildman–Crippen LogP) is 0.364. The lowest BCUT2D eigenvalue weighted by molar-refractivity contribution is 0.715. The van der Waals surface area contributed by atoms with E-state index in [9.17, 15) is 0 Å². The Balaban J connectivity index is 2.26. The van der Waals surface area contributed by atoms with Gasteiger partial charge >= 0.3 is 0 Å². The quantitative estimate of drug-likeness (QED) is 0.762. The van der Waals surface area contributed by atoms with Gasteiger partial charge in [-0.15, -0.1) is 10.2 Å². The van der Waals surface area contributed by atoms with E-state index in [0.717, 1.165) is 10.7 Å². The van der Waals surface area contributed by atoms with Crippen LogP contribution >= 0.6 is 11.8 Å². The molecule has 2 rings (SSSR count). The van der Waals surface area contributed by atoms with Crippen molar-refractivity contribution in [2.45, 2.75) is 11.7 Å². The summed E-state index contributed by atoms with van der Waals surface area (Å²) in [4.78, 5) is 0. The number of nitrogens with zero attached hydrogens (tertiary/aromatic N) is 5. The average Bonchev–Trinajstić information content (AvgIpc) is 2.76. The van der Waals surface area contributed by atoms with E-state index < -0.39 is 0 Å². The standard InChI is InChI=1S/C8H12N6S/c1-13-4-6(3-10-13)5-14-7(9)11-12-8(14)15-2/h3-4H,5H2,1-2H3,(H2,9,11). The van der Waals surface area contributed by atoms with Crippen LogP contribution in [0.25, 0.3) is 0 Å². The lowest BCUT2D eigenvalue weighted by atomic mass is 10.3. The summed E-state index contributed by atoms with van der Waals surface area (Å²) in [5, 5.41) is 12.7. The van der Waals surface area contributed by atoms with E-state index in [1.165, 1.54) is 11.8 Å². The van der Waals surface area contributed by atoms with Crippen LogP contribution in [-0.2, 0) is 13.6 Å². The molecule has 0 aliphatic carbocycles. The molecule has 0 radical (unpaired) electrons. The van der Waals surface area contributed by atoms with Gasteiger partial charge in [0.1, 0.15) is 0 Å². The minimum absolute atomic E-state index is 0.434. The molecular formula is C8H12N6S. The highest BCUT2D eigenvalue weighted by molar-refractivity contribution is 7.98. The summed E-state index contributed by atoms with van der Waals surface area (Å²) in [5.74, 6) is 0.434. The van der Waals surface area contributed by atoms with Crippen molar-refractivity contribution >= 4 is 17.7 Å². The number of aromatic nitrogens is 5. The Morgan fingerprint density at radius 1 is 1.47 bits per heavy atom. The lowest BCUT2D eigenvalue weighted by Gasteiger charge is -2.03. The zero-order valence-electron chi connectivity index (χ0n) is 8.58. The largest absolute Gasteiger partial charge is 0.368 e. The third-order valence-corrected chi connectivity index (χ3v) is 2.69. The molecule has 7 heteroatoms. The van der Waals surface area contributed by atoms with Crippen molar-refractivity contribution in [3.05, 3.63) is 18.0 Å². The van der Waals surface area contributed by atoms with Crippen LogP contribution in [0.2, 0.25) is 0 Å². The van der Waals surface area contributed by atoms with Crippen molar-refractivity contribution in [2.24, 2.45) is 7.05 Å². The number of nitrogen functional groups attached to an aromatic ring is 1. The molecule has 2 heterocycles. The predicted molar refractivity (Wildman–Crippen MR) is 58.5 cm³/mol. The van der Waals surface area contributed by atoms with Crippen molar-refractivity contribution in [2.75, 3.05) is 12.0 Å². The first-order chi connectivity index (χ1) is 7.20. The summed E-state index contributed by atoms with van der Waals surface area (Å²) in [7, 11) is 1.88. The van der Waals surface area contributed by atoms with Crippen LogP contribution in [0.5, 0.6) is 0 Å². The molecule has 0 aliphatic heterocycles. The van der Waals surface area contributed by atoms with E-state index in [2.05, 4.69) is 15.3 Å². The minimum Gasteiger partial charge on any atom is -0.368 e. The number of hydrogen-bond acceptors (Lipinski definition) is 5. The molecule has 6 nitrogen and oxygen atoms in total. The number of aryl methyl sites for hydroxylation is 1. The second-order valence-electron chi connectivity index (χ2n) is 3.15. The van der Waals surface area contributed by atoms with Crippen molar-refractivity contribution in [1.82, 2.24) is 24.5 Å². The first kappa shape index (κ1) is 10.0. The molecule has 0 unspecified atom stereocenters. The number of hydrogen-bond donors (Lipinski definition) is 1. The molecule has 80 valence electrons. The average molecular weight is 224 g/mol. The summed E-state index contributed by atoms with van der Waals surface area (Å²) >= 11 is 1.52. The lowest BCUT2D eigenvalue weighted by Crippen LogP contribution is -2.05. The third kappa shape index (κ3) is 1.96. The zero-order chi connectivity index (χ0) is 10.8. The van der Waals surface area contributed by atoms with Gasteiger partial charge in [-0.1, -0.05) is 11.8 Å². The second kappa shape index (κ2) is 3.93. The summed E-state index contributed by atoms with van der Waals surface area (Å²) in [6.45, 7) is 0.656. The first-order valence-electron chi connectivity index (χ1n) is 4.41. The Kier molecular flexibility index (Phi) is 2.63. The van der Waals surface area contributed by atoms with Crippen LogP contribution in [0.4, 0.5) is 5.95 Å². The smallest absolute Gasteiger partial charge is 0.223 e. The van der Waals surface area contributed by atoms with Crippen molar-refractivity contribution in [3.63, 3.8) is 0 Å². The number of nitrogens with two attached hydrogens (primary N) is 1. The highest BCUT2D eigenvalue weighted by Crippen LogP contribution is 2.16. The van der Waals surface area contributed by atoms with Crippen LogP contribution in [0.3, 0.4) is 0 Å². The monoisotopic (exact) mass is 224 g/mol. The Morgan fingerprint density at radius 3 is 2.87 bits per heavy atom. The maximum Gasteiger partial charge on any atom is 0.223 e. The first-order valence-corrected chi connectivity index (χ1v) is 5.63. The molecule has 2 aromatic rings. The molecule has 0 atom stereocenters. The summed E-state index contributed by atoms with van der Waals surface area (Å²) in [5.41, 5.74) is 6.80. The van der Waals surface area contributed by atoms with Crippen LogP contribution in [0.1, 0.15) is 5.56 Å². The molecule has 0 amide bonds. The fourth-order valence-corrected chi connectivity index (χ4v) is 1.84. The molecule has 0 spiro atoms. The number of anilines is 1. The van der Waals surface area contributed by atoms with Gasteiger partial charge in [0.05, 0.1) is 12.7 Å². The van der Waals surface area contributed by atoms with E-state index in [0.29, 0.717) is 12.5 Å². The molecule has 2 N–H and O–H groups in total. The SMILES string of the molecule is CSc1nnc(N)n1Cc1cnn(C)c1. The van der Waals surface area contributed by atoms with Gasteiger partial charge in [-0.05, 0) is 6.26 Å². The van der Waals surface area contributed by atoms with E-state index in [1.807, 2.05) is 30.3 Å². The van der Waals surface area contributed by atoms with Gasteiger partial charge in [0, 0.05) is 18.8 Å². The fourth-order valence-electron chi connectivity index (χ4n) is 1.34. The normalized spacial score (nSPS) is 10.8. The second-order valence-corrected chi connectivity index (χ2v) is 3.93. The molecule has 0 saturated carbocycles. The number of thioether (sulfide) groups is 1. The van der Waals surface area contributed by atoms with Crippen LogP contribution in [0.15, 0.2) is 17.6 Å². The fraction of sp³-hybridized carbons (Fsp3) is 0.375. The highest BCUT2D eigenvalue weighted by Gasteiger charge is 2.09. The van der Waals surface area contributed by atoms with Gasteiger partial charge in [-0.2, -0.15) is 5.10 Å². The third-order valence-electron chi connectivity index (χ3n) is 2.03. The molecule has 2 aromatic heterocycles. The van der Waals surface area contributed by atoms with Gasteiger partial charge in [-0.3, -0.25) is 9.25 Å². The zero-order valence-corrected chi connectivity index (χ0v) is 9.40. The maximum absolute atomic E-state index is 5.72. The molecule has 15 heavy (non-hydrogen) atoms. The maximum atomic E-state index is 5.72. The van der Waals surface area contributed by atoms with E-state index >= 15 is 0 Å².